The Bertz CT molecular complexity index is 162. The third-order valence-corrected chi connectivity index (χ3v) is 3.27. The van der Waals surface area contributed by atoms with E-state index in [9.17, 15) is 5.11 Å². The molecule has 0 aromatic rings. The Morgan fingerprint density at radius 3 is 2.77 bits per heavy atom. The summed E-state index contributed by atoms with van der Waals surface area (Å²) in [6, 6.07) is 0.686. The average molecular weight is 184 g/mol. The lowest BCUT2D eigenvalue weighted by molar-refractivity contribution is 0.0124. The lowest BCUT2D eigenvalue weighted by atomic mass is 9.90. The minimum Gasteiger partial charge on any atom is -0.387 e. The van der Waals surface area contributed by atoms with Gasteiger partial charge in [-0.15, -0.1) is 0 Å². The van der Waals surface area contributed by atoms with Crippen LogP contribution < -0.4 is 10.6 Å². The monoisotopic (exact) mass is 184 g/mol. The minimum atomic E-state index is -0.478. The number of piperidine rings is 1. The number of nitrogens with one attached hydrogen (secondary N) is 2. The number of aliphatic hydroxyl groups is 1. The van der Waals surface area contributed by atoms with Crippen LogP contribution >= 0.6 is 0 Å². The van der Waals surface area contributed by atoms with Crippen molar-refractivity contribution in [3.63, 3.8) is 0 Å². The summed E-state index contributed by atoms with van der Waals surface area (Å²) < 4.78 is 0. The first-order valence-corrected chi connectivity index (χ1v) is 5.45. The second-order valence-electron chi connectivity index (χ2n) is 4.51. The molecule has 0 aromatic carbocycles. The molecule has 1 aliphatic carbocycles. The second kappa shape index (κ2) is 3.95. The van der Waals surface area contributed by atoms with E-state index in [0.29, 0.717) is 6.04 Å². The minimum absolute atomic E-state index is 0.478. The van der Waals surface area contributed by atoms with Crippen LogP contribution in [0.25, 0.3) is 0 Å². The van der Waals surface area contributed by atoms with Gasteiger partial charge in [-0.25, -0.2) is 0 Å². The summed E-state index contributed by atoms with van der Waals surface area (Å²) in [5.74, 6) is 0. The fraction of sp³-hybridized carbons (Fsp3) is 1.00. The number of rotatable bonds is 3. The van der Waals surface area contributed by atoms with Gasteiger partial charge in [0.05, 0.1) is 5.60 Å². The highest BCUT2D eigenvalue weighted by molar-refractivity contribution is 4.89. The van der Waals surface area contributed by atoms with Gasteiger partial charge in [-0.1, -0.05) is 6.42 Å². The lowest BCUT2D eigenvalue weighted by Gasteiger charge is -2.36. The fourth-order valence-corrected chi connectivity index (χ4v) is 2.05. The summed E-state index contributed by atoms with van der Waals surface area (Å²) in [5, 5.41) is 16.8. The number of hydrogen-bond acceptors (Lipinski definition) is 3. The van der Waals surface area contributed by atoms with Crippen LogP contribution in [0.5, 0.6) is 0 Å². The van der Waals surface area contributed by atoms with Crippen LogP contribution in [0.3, 0.4) is 0 Å². The highest BCUT2D eigenvalue weighted by Gasteiger charge is 2.30. The normalized spacial score (nSPS) is 35.8. The van der Waals surface area contributed by atoms with Gasteiger partial charge in [-0.2, -0.15) is 0 Å². The topological polar surface area (TPSA) is 44.3 Å². The molecule has 1 aliphatic heterocycles. The summed E-state index contributed by atoms with van der Waals surface area (Å²) in [5.41, 5.74) is -0.478. The Morgan fingerprint density at radius 2 is 2.23 bits per heavy atom. The first kappa shape index (κ1) is 9.44. The predicted octanol–water partition coefficient (Wildman–Crippen LogP) is 0.243. The van der Waals surface area contributed by atoms with Crippen molar-refractivity contribution in [3.8, 4) is 0 Å². The average Bonchev–Trinajstić information content (AvgIpc) is 2.02. The van der Waals surface area contributed by atoms with Crippen LogP contribution in [0.2, 0.25) is 0 Å². The molecule has 3 N–H and O–H groups in total. The van der Waals surface area contributed by atoms with E-state index in [2.05, 4.69) is 10.6 Å². The van der Waals surface area contributed by atoms with Gasteiger partial charge < -0.3 is 15.7 Å². The first-order chi connectivity index (χ1) is 6.29. The van der Waals surface area contributed by atoms with Crippen LogP contribution in [0.1, 0.15) is 32.1 Å². The standard InChI is InChI=1S/C10H20N2O/c13-10(5-2-6-11-7-10)8-12-9-3-1-4-9/h9,11-13H,1-8H2. The molecular formula is C10H20N2O. The van der Waals surface area contributed by atoms with E-state index >= 15 is 0 Å². The molecule has 13 heavy (non-hydrogen) atoms. The molecule has 76 valence electrons. The van der Waals surface area contributed by atoms with Gasteiger partial charge >= 0.3 is 0 Å². The molecule has 2 aliphatic rings. The van der Waals surface area contributed by atoms with Gasteiger partial charge in [0.1, 0.15) is 0 Å². The second-order valence-corrected chi connectivity index (χ2v) is 4.51. The van der Waals surface area contributed by atoms with E-state index in [1.54, 1.807) is 0 Å². The molecule has 1 saturated heterocycles. The molecule has 1 heterocycles. The van der Waals surface area contributed by atoms with Crippen LogP contribution in [0, 0.1) is 0 Å². The highest BCUT2D eigenvalue weighted by Crippen LogP contribution is 2.20. The maximum atomic E-state index is 10.1. The molecule has 0 amide bonds. The van der Waals surface area contributed by atoms with Gasteiger partial charge in [-0.05, 0) is 32.2 Å². The van der Waals surface area contributed by atoms with Crippen LogP contribution in [0.15, 0.2) is 0 Å². The van der Waals surface area contributed by atoms with Crippen molar-refractivity contribution in [1.82, 2.24) is 10.6 Å². The summed E-state index contributed by atoms with van der Waals surface area (Å²) in [4.78, 5) is 0. The summed E-state index contributed by atoms with van der Waals surface area (Å²) in [6.45, 7) is 2.59. The smallest absolute Gasteiger partial charge is 0.0895 e. The molecule has 1 unspecified atom stereocenters. The van der Waals surface area contributed by atoms with Gasteiger partial charge in [0.2, 0.25) is 0 Å². The van der Waals surface area contributed by atoms with Crippen molar-refractivity contribution in [1.29, 1.82) is 0 Å². The van der Waals surface area contributed by atoms with Crippen LogP contribution in [-0.2, 0) is 0 Å². The molecule has 0 radical (unpaired) electrons. The quantitative estimate of drug-likeness (QED) is 0.589. The largest absolute Gasteiger partial charge is 0.387 e. The van der Waals surface area contributed by atoms with Crippen molar-refractivity contribution in [3.05, 3.63) is 0 Å². The van der Waals surface area contributed by atoms with Gasteiger partial charge in [-0.3, -0.25) is 0 Å². The highest BCUT2D eigenvalue weighted by atomic mass is 16.3. The Kier molecular flexibility index (Phi) is 2.86. The zero-order chi connectivity index (χ0) is 9.15. The third-order valence-electron chi connectivity index (χ3n) is 3.27. The van der Waals surface area contributed by atoms with E-state index in [-0.39, 0.29) is 0 Å². The summed E-state index contributed by atoms with van der Waals surface area (Å²) >= 11 is 0. The Balaban J connectivity index is 1.71. The van der Waals surface area contributed by atoms with Gasteiger partial charge in [0, 0.05) is 19.1 Å². The van der Waals surface area contributed by atoms with Crippen LogP contribution in [0.4, 0.5) is 0 Å². The van der Waals surface area contributed by atoms with Gasteiger partial charge in [0.25, 0.3) is 0 Å². The maximum Gasteiger partial charge on any atom is 0.0895 e. The van der Waals surface area contributed by atoms with E-state index in [0.717, 1.165) is 32.5 Å². The zero-order valence-electron chi connectivity index (χ0n) is 8.18. The van der Waals surface area contributed by atoms with Crippen LogP contribution in [-0.4, -0.2) is 36.4 Å². The molecule has 2 rings (SSSR count). The van der Waals surface area contributed by atoms with Gasteiger partial charge in [0.15, 0.2) is 0 Å². The number of hydrogen-bond donors (Lipinski definition) is 3. The van der Waals surface area contributed by atoms with E-state index in [1.807, 2.05) is 0 Å². The van der Waals surface area contributed by atoms with E-state index in [1.165, 1.54) is 19.3 Å². The van der Waals surface area contributed by atoms with E-state index < -0.39 is 5.60 Å². The lowest BCUT2D eigenvalue weighted by Crippen LogP contribution is -2.54. The molecule has 2 fully saturated rings. The molecule has 0 bridgehead atoms. The van der Waals surface area contributed by atoms with E-state index in [4.69, 9.17) is 0 Å². The van der Waals surface area contributed by atoms with Crippen molar-refractivity contribution in [2.45, 2.75) is 43.7 Å². The molecule has 3 nitrogen and oxygen atoms in total. The first-order valence-electron chi connectivity index (χ1n) is 5.45. The Hall–Kier alpha value is -0.120. The molecule has 1 saturated carbocycles. The molecular weight excluding hydrogens is 164 g/mol. The zero-order valence-corrected chi connectivity index (χ0v) is 8.18. The SMILES string of the molecule is OC1(CNC2CCC2)CCCNC1. The third kappa shape index (κ3) is 2.42. The van der Waals surface area contributed by atoms with Crippen molar-refractivity contribution in [2.75, 3.05) is 19.6 Å². The maximum absolute atomic E-state index is 10.1. The predicted molar refractivity (Wildman–Crippen MR) is 52.7 cm³/mol. The Labute approximate surface area is 79.9 Å². The summed E-state index contributed by atoms with van der Waals surface area (Å²) in [7, 11) is 0. The molecule has 0 aromatic heterocycles. The number of β-amino-alcohol motifs (C(OH)–C–C–N with tert-alkyl or cyclic N) is 1. The van der Waals surface area contributed by atoms with Crippen molar-refractivity contribution < 1.29 is 5.11 Å². The molecule has 1 atom stereocenters. The molecule has 0 spiro atoms. The summed E-state index contributed by atoms with van der Waals surface area (Å²) in [6.07, 6.45) is 5.99. The van der Waals surface area contributed by atoms with Crippen molar-refractivity contribution in [2.24, 2.45) is 0 Å². The fourth-order valence-electron chi connectivity index (χ4n) is 2.05. The Morgan fingerprint density at radius 1 is 1.38 bits per heavy atom. The molecule has 3 heteroatoms. The van der Waals surface area contributed by atoms with Crippen molar-refractivity contribution >= 4 is 0 Å².